The number of anilines is 2. The molecule has 0 unspecified atom stereocenters. The Morgan fingerprint density at radius 1 is 0.931 bits per heavy atom. The molecule has 0 atom stereocenters. The molecule has 0 aliphatic carbocycles. The molecule has 1 aromatic heterocycles. The van der Waals surface area contributed by atoms with Crippen LogP contribution in [0.5, 0.6) is 5.75 Å². The molecule has 2 aromatic carbocycles. The van der Waals surface area contributed by atoms with Gasteiger partial charge in [0, 0.05) is 30.7 Å². The highest BCUT2D eigenvalue weighted by Crippen LogP contribution is 2.18. The maximum Gasteiger partial charge on any atom is 0.321 e. The van der Waals surface area contributed by atoms with Gasteiger partial charge >= 0.3 is 6.03 Å². The molecule has 29 heavy (non-hydrogen) atoms. The first-order valence-corrected chi connectivity index (χ1v) is 9.10. The number of hydrogen-bond acceptors (Lipinski definition) is 4. The normalized spacial score (nSPS) is 10.1. The summed E-state index contributed by atoms with van der Waals surface area (Å²) >= 11 is 0. The smallest absolute Gasteiger partial charge is 0.321 e. The lowest BCUT2D eigenvalue weighted by Crippen LogP contribution is -2.31. The highest BCUT2D eigenvalue weighted by atomic mass is 16.5. The van der Waals surface area contributed by atoms with Crippen LogP contribution in [0.2, 0.25) is 0 Å². The van der Waals surface area contributed by atoms with Gasteiger partial charge in [0.2, 0.25) is 0 Å². The van der Waals surface area contributed by atoms with Gasteiger partial charge in [-0.15, -0.1) is 0 Å². The van der Waals surface area contributed by atoms with Crippen LogP contribution >= 0.6 is 0 Å². The number of pyridine rings is 1. The van der Waals surface area contributed by atoms with E-state index in [-0.39, 0.29) is 18.5 Å². The Labute approximate surface area is 169 Å². The van der Waals surface area contributed by atoms with Gasteiger partial charge in [-0.05, 0) is 36.4 Å². The van der Waals surface area contributed by atoms with Crippen molar-refractivity contribution in [3.05, 3.63) is 84.7 Å². The van der Waals surface area contributed by atoms with E-state index in [1.807, 2.05) is 36.4 Å². The maximum absolute atomic E-state index is 12.4. The van der Waals surface area contributed by atoms with E-state index in [9.17, 15) is 9.59 Å². The van der Waals surface area contributed by atoms with Gasteiger partial charge in [-0.1, -0.05) is 30.3 Å². The third-order valence-electron chi connectivity index (χ3n) is 3.98. The van der Waals surface area contributed by atoms with Crippen molar-refractivity contribution in [2.45, 2.75) is 6.54 Å². The fraction of sp³-hybridized carbons (Fsp3) is 0.136. The first kappa shape index (κ1) is 19.9. The van der Waals surface area contributed by atoms with Gasteiger partial charge in [0.15, 0.2) is 6.61 Å². The van der Waals surface area contributed by atoms with Crippen molar-refractivity contribution in [3.63, 3.8) is 0 Å². The Balaban J connectivity index is 1.51. The fourth-order valence-electron chi connectivity index (χ4n) is 2.56. The molecule has 0 saturated heterocycles. The zero-order valence-corrected chi connectivity index (χ0v) is 16.0. The number of benzene rings is 2. The predicted octanol–water partition coefficient (Wildman–Crippen LogP) is 3.76. The molecule has 7 heteroatoms. The molecule has 7 nitrogen and oxygen atoms in total. The van der Waals surface area contributed by atoms with Crippen LogP contribution in [0.3, 0.4) is 0 Å². The van der Waals surface area contributed by atoms with E-state index in [0.717, 1.165) is 5.69 Å². The number of hydrogen-bond donors (Lipinski definition) is 2. The molecular weight excluding hydrogens is 368 g/mol. The number of carbonyl (C=O) groups excluding carboxylic acids is 2. The van der Waals surface area contributed by atoms with Crippen LogP contribution in [0.15, 0.2) is 79.0 Å². The number of carbonyl (C=O) groups is 2. The molecule has 1 heterocycles. The summed E-state index contributed by atoms with van der Waals surface area (Å²) in [6.07, 6.45) is 1.69. The van der Waals surface area contributed by atoms with Crippen LogP contribution in [0.4, 0.5) is 16.2 Å². The number of nitrogens with zero attached hydrogens (tertiary/aromatic N) is 2. The lowest BCUT2D eigenvalue weighted by Gasteiger charge is -2.18. The van der Waals surface area contributed by atoms with Crippen molar-refractivity contribution in [1.29, 1.82) is 0 Å². The average molecular weight is 390 g/mol. The molecule has 0 aliphatic rings. The molecule has 3 amide bonds. The van der Waals surface area contributed by atoms with E-state index in [1.165, 1.54) is 4.90 Å². The van der Waals surface area contributed by atoms with Crippen LogP contribution in [-0.4, -0.2) is 35.5 Å². The highest BCUT2D eigenvalue weighted by molar-refractivity contribution is 5.92. The fourth-order valence-corrected chi connectivity index (χ4v) is 2.56. The van der Waals surface area contributed by atoms with Gasteiger partial charge in [0.05, 0.1) is 12.2 Å². The highest BCUT2D eigenvalue weighted by Gasteiger charge is 2.11. The van der Waals surface area contributed by atoms with Gasteiger partial charge in [-0.25, -0.2) is 4.79 Å². The zero-order chi connectivity index (χ0) is 20.5. The molecule has 3 rings (SSSR count). The number of nitrogens with one attached hydrogen (secondary N) is 2. The van der Waals surface area contributed by atoms with Gasteiger partial charge in [0.1, 0.15) is 5.75 Å². The number of amides is 3. The molecule has 0 saturated carbocycles. The van der Waals surface area contributed by atoms with Crippen molar-refractivity contribution < 1.29 is 14.3 Å². The molecule has 3 aromatic rings. The lowest BCUT2D eigenvalue weighted by molar-refractivity contribution is -0.118. The molecule has 148 valence electrons. The summed E-state index contributed by atoms with van der Waals surface area (Å²) in [6.45, 7) is 0.258. The van der Waals surface area contributed by atoms with E-state index in [4.69, 9.17) is 4.74 Å². The third-order valence-corrected chi connectivity index (χ3v) is 3.98. The Morgan fingerprint density at radius 3 is 2.45 bits per heavy atom. The van der Waals surface area contributed by atoms with E-state index in [0.29, 0.717) is 23.7 Å². The molecule has 2 N–H and O–H groups in total. The average Bonchev–Trinajstić information content (AvgIpc) is 2.74. The van der Waals surface area contributed by atoms with Crippen molar-refractivity contribution in [3.8, 4) is 5.75 Å². The molecule has 0 radical (unpaired) electrons. The zero-order valence-electron chi connectivity index (χ0n) is 16.0. The summed E-state index contributed by atoms with van der Waals surface area (Å²) in [5, 5.41) is 5.56. The number of rotatable bonds is 7. The summed E-state index contributed by atoms with van der Waals surface area (Å²) in [7, 11) is 1.69. The van der Waals surface area contributed by atoms with Crippen LogP contribution < -0.4 is 15.4 Å². The molecule has 0 aliphatic heterocycles. The van der Waals surface area contributed by atoms with Gasteiger partial charge in [-0.3, -0.25) is 9.78 Å². The molecule has 0 spiro atoms. The van der Waals surface area contributed by atoms with Gasteiger partial charge < -0.3 is 20.3 Å². The third kappa shape index (κ3) is 6.35. The molecule has 0 bridgehead atoms. The van der Waals surface area contributed by atoms with Crippen LogP contribution in [0.1, 0.15) is 5.69 Å². The summed E-state index contributed by atoms with van der Waals surface area (Å²) in [5.74, 6) is 0.221. The number of urea groups is 1. The topological polar surface area (TPSA) is 83.6 Å². The van der Waals surface area contributed by atoms with E-state index >= 15 is 0 Å². The largest absolute Gasteiger partial charge is 0.484 e. The van der Waals surface area contributed by atoms with Crippen LogP contribution in [0.25, 0.3) is 0 Å². The minimum absolute atomic E-state index is 0.133. The monoisotopic (exact) mass is 390 g/mol. The van der Waals surface area contributed by atoms with Gasteiger partial charge in [0.25, 0.3) is 5.91 Å². The van der Waals surface area contributed by atoms with Gasteiger partial charge in [-0.2, -0.15) is 0 Å². The predicted molar refractivity (Wildman–Crippen MR) is 112 cm³/mol. The van der Waals surface area contributed by atoms with Crippen molar-refractivity contribution in [2.75, 3.05) is 24.3 Å². The Bertz CT molecular complexity index is 949. The minimum Gasteiger partial charge on any atom is -0.484 e. The van der Waals surface area contributed by atoms with E-state index in [1.54, 1.807) is 49.6 Å². The minimum atomic E-state index is -0.269. The second kappa shape index (κ2) is 9.89. The Kier molecular flexibility index (Phi) is 6.78. The number of ether oxygens (including phenoxy) is 1. The summed E-state index contributed by atoms with van der Waals surface area (Å²) in [6, 6.07) is 21.4. The Hall–Kier alpha value is -3.87. The van der Waals surface area contributed by atoms with Crippen molar-refractivity contribution in [1.82, 2.24) is 9.88 Å². The summed E-state index contributed by atoms with van der Waals surface area (Å²) < 4.78 is 5.53. The lowest BCUT2D eigenvalue weighted by atomic mass is 10.3. The summed E-state index contributed by atoms with van der Waals surface area (Å²) in [4.78, 5) is 30.1. The molecular formula is C22H22N4O3. The van der Waals surface area contributed by atoms with Crippen LogP contribution in [0, 0.1) is 0 Å². The standard InChI is InChI=1S/C22H22N4O3/c1-26(15-19-10-5-6-13-23-19)22(28)25-18-11-7-12-20(14-18)29-16-21(27)24-17-8-3-2-4-9-17/h2-14H,15-16H2,1H3,(H,24,27)(H,25,28). The second-order valence-electron chi connectivity index (χ2n) is 6.34. The number of para-hydroxylation sites is 1. The first-order valence-electron chi connectivity index (χ1n) is 9.10. The van der Waals surface area contributed by atoms with E-state index in [2.05, 4.69) is 15.6 Å². The van der Waals surface area contributed by atoms with Crippen molar-refractivity contribution >= 4 is 23.3 Å². The second-order valence-corrected chi connectivity index (χ2v) is 6.34. The van der Waals surface area contributed by atoms with Crippen LogP contribution in [-0.2, 0) is 11.3 Å². The maximum atomic E-state index is 12.4. The van der Waals surface area contributed by atoms with Crippen molar-refractivity contribution in [2.24, 2.45) is 0 Å². The Morgan fingerprint density at radius 2 is 1.69 bits per heavy atom. The molecule has 0 fully saturated rings. The summed E-state index contributed by atoms with van der Waals surface area (Å²) in [5.41, 5.74) is 2.08. The van der Waals surface area contributed by atoms with E-state index < -0.39 is 0 Å². The first-order chi connectivity index (χ1) is 14.1. The quantitative estimate of drug-likeness (QED) is 0.643. The SMILES string of the molecule is CN(Cc1ccccn1)C(=O)Nc1cccc(OCC(=O)Nc2ccccc2)c1. The number of aromatic nitrogens is 1.